The van der Waals surface area contributed by atoms with Gasteiger partial charge in [0.25, 0.3) is 0 Å². The van der Waals surface area contributed by atoms with Crippen LogP contribution in [0.4, 0.5) is 0 Å². The van der Waals surface area contributed by atoms with E-state index in [1.807, 2.05) is 11.3 Å². The molecule has 1 fully saturated rings. The van der Waals surface area contributed by atoms with Crippen LogP contribution in [-0.4, -0.2) is 17.6 Å². The van der Waals surface area contributed by atoms with Gasteiger partial charge in [-0.1, -0.05) is 12.8 Å². The van der Waals surface area contributed by atoms with E-state index in [0.717, 1.165) is 6.42 Å². The molecule has 1 aromatic rings. The fourth-order valence-corrected chi connectivity index (χ4v) is 3.13. The Balaban J connectivity index is 1.95. The highest BCUT2D eigenvalue weighted by Gasteiger charge is 2.14. The van der Waals surface area contributed by atoms with E-state index in [0.29, 0.717) is 6.04 Å². The molecule has 2 heterocycles. The zero-order chi connectivity index (χ0) is 10.7. The number of hydrogen-bond donors (Lipinski definition) is 1. The molecule has 84 valence electrons. The lowest BCUT2D eigenvalue weighted by Gasteiger charge is -2.13. The molecule has 1 aliphatic rings. The maximum atomic E-state index is 4.61. The van der Waals surface area contributed by atoms with Gasteiger partial charge in [0.1, 0.15) is 0 Å². The van der Waals surface area contributed by atoms with Gasteiger partial charge in [0.2, 0.25) is 0 Å². The smallest absolute Gasteiger partial charge is 0.0946 e. The Labute approximate surface area is 96.1 Å². The van der Waals surface area contributed by atoms with Gasteiger partial charge in [0, 0.05) is 17.3 Å². The molecule has 0 aromatic carbocycles. The summed E-state index contributed by atoms with van der Waals surface area (Å²) in [6.07, 6.45) is 6.55. The summed E-state index contributed by atoms with van der Waals surface area (Å²) < 4.78 is 0. The minimum Gasteiger partial charge on any atom is -0.314 e. The van der Waals surface area contributed by atoms with Crippen molar-refractivity contribution in [1.29, 1.82) is 0 Å². The molecule has 0 saturated carbocycles. The monoisotopic (exact) mass is 224 g/mol. The quantitative estimate of drug-likeness (QED) is 0.835. The van der Waals surface area contributed by atoms with Crippen LogP contribution in [-0.2, 0) is 6.42 Å². The first kappa shape index (κ1) is 11.1. The third-order valence-electron chi connectivity index (χ3n) is 3.16. The number of nitrogens with one attached hydrogen (secondary N) is 1. The highest BCUT2D eigenvalue weighted by atomic mass is 32.1. The van der Waals surface area contributed by atoms with Crippen LogP contribution in [0.25, 0.3) is 0 Å². The summed E-state index contributed by atoms with van der Waals surface area (Å²) in [5.74, 6) is 0. The second-order valence-corrected chi connectivity index (χ2v) is 5.74. The Morgan fingerprint density at radius 1 is 1.33 bits per heavy atom. The van der Waals surface area contributed by atoms with Crippen LogP contribution in [0.1, 0.15) is 41.3 Å². The molecule has 2 nitrogen and oxygen atoms in total. The summed E-state index contributed by atoms with van der Waals surface area (Å²) in [5, 5.41) is 4.94. The standard InChI is InChI=1S/C12H20N2S/c1-9-10(2)15-12(14-9)8-11-6-4-3-5-7-13-11/h11,13H,3-8H2,1-2H3. The van der Waals surface area contributed by atoms with Crippen LogP contribution in [0.5, 0.6) is 0 Å². The summed E-state index contributed by atoms with van der Waals surface area (Å²) in [5.41, 5.74) is 1.21. The Hall–Kier alpha value is -0.410. The van der Waals surface area contributed by atoms with Gasteiger partial charge in [-0.05, 0) is 33.2 Å². The van der Waals surface area contributed by atoms with Gasteiger partial charge < -0.3 is 5.32 Å². The zero-order valence-corrected chi connectivity index (χ0v) is 10.5. The first-order valence-corrected chi connectivity index (χ1v) is 6.73. The van der Waals surface area contributed by atoms with Crippen molar-refractivity contribution < 1.29 is 0 Å². The molecule has 15 heavy (non-hydrogen) atoms. The predicted molar refractivity (Wildman–Crippen MR) is 65.6 cm³/mol. The Kier molecular flexibility index (Phi) is 3.76. The van der Waals surface area contributed by atoms with E-state index in [2.05, 4.69) is 24.1 Å². The van der Waals surface area contributed by atoms with E-state index in [4.69, 9.17) is 0 Å². The number of aryl methyl sites for hydroxylation is 2. The third kappa shape index (κ3) is 3.02. The van der Waals surface area contributed by atoms with E-state index in [1.165, 1.54) is 47.8 Å². The van der Waals surface area contributed by atoms with Crippen LogP contribution in [0.2, 0.25) is 0 Å². The molecule has 1 N–H and O–H groups in total. The highest BCUT2D eigenvalue weighted by molar-refractivity contribution is 7.11. The van der Waals surface area contributed by atoms with Gasteiger partial charge in [0.05, 0.1) is 10.7 Å². The molecule has 2 rings (SSSR count). The van der Waals surface area contributed by atoms with Gasteiger partial charge in [-0.15, -0.1) is 11.3 Å². The van der Waals surface area contributed by atoms with Crippen molar-refractivity contribution in [1.82, 2.24) is 10.3 Å². The van der Waals surface area contributed by atoms with Gasteiger partial charge in [-0.25, -0.2) is 4.98 Å². The van der Waals surface area contributed by atoms with Crippen LogP contribution in [0.15, 0.2) is 0 Å². The second-order valence-electron chi connectivity index (χ2n) is 4.45. The average molecular weight is 224 g/mol. The van der Waals surface area contributed by atoms with Gasteiger partial charge in [-0.2, -0.15) is 0 Å². The van der Waals surface area contributed by atoms with Crippen molar-refractivity contribution in [3.8, 4) is 0 Å². The largest absolute Gasteiger partial charge is 0.314 e. The molecule has 0 radical (unpaired) electrons. The molecule has 0 aliphatic carbocycles. The molecule has 0 spiro atoms. The maximum Gasteiger partial charge on any atom is 0.0946 e. The first-order valence-electron chi connectivity index (χ1n) is 5.92. The number of nitrogens with zero attached hydrogens (tertiary/aromatic N) is 1. The minimum absolute atomic E-state index is 0.664. The first-order chi connectivity index (χ1) is 7.25. The summed E-state index contributed by atoms with van der Waals surface area (Å²) >= 11 is 1.86. The lowest BCUT2D eigenvalue weighted by Crippen LogP contribution is -2.30. The Morgan fingerprint density at radius 2 is 2.20 bits per heavy atom. The van der Waals surface area contributed by atoms with Crippen molar-refractivity contribution in [3.05, 3.63) is 15.6 Å². The molecule has 1 aromatic heterocycles. The Morgan fingerprint density at radius 3 is 2.93 bits per heavy atom. The Bertz CT molecular complexity index is 292. The van der Waals surface area contributed by atoms with Gasteiger partial charge in [-0.3, -0.25) is 0 Å². The van der Waals surface area contributed by atoms with Crippen LogP contribution >= 0.6 is 11.3 Å². The SMILES string of the molecule is Cc1nc(CC2CCCCCN2)sc1C. The molecule has 1 unspecified atom stereocenters. The third-order valence-corrected chi connectivity index (χ3v) is 4.25. The molecule has 1 aliphatic heterocycles. The molecule has 0 bridgehead atoms. The van der Waals surface area contributed by atoms with E-state index in [-0.39, 0.29) is 0 Å². The second kappa shape index (κ2) is 5.08. The normalized spacial score (nSPS) is 22.7. The number of thiazole rings is 1. The van der Waals surface area contributed by atoms with Gasteiger partial charge in [0.15, 0.2) is 0 Å². The summed E-state index contributed by atoms with van der Waals surface area (Å²) in [7, 11) is 0. The lowest BCUT2D eigenvalue weighted by molar-refractivity contribution is 0.506. The molecule has 3 heteroatoms. The summed E-state index contributed by atoms with van der Waals surface area (Å²) in [6.45, 7) is 5.46. The lowest BCUT2D eigenvalue weighted by atomic mass is 10.1. The molecule has 1 saturated heterocycles. The number of hydrogen-bond acceptors (Lipinski definition) is 3. The number of rotatable bonds is 2. The minimum atomic E-state index is 0.664. The molecular weight excluding hydrogens is 204 g/mol. The summed E-state index contributed by atoms with van der Waals surface area (Å²) in [6, 6.07) is 0.664. The van der Waals surface area contributed by atoms with Crippen LogP contribution < -0.4 is 5.32 Å². The number of aromatic nitrogens is 1. The molecular formula is C12H20N2S. The molecule has 0 amide bonds. The van der Waals surface area contributed by atoms with E-state index < -0.39 is 0 Å². The van der Waals surface area contributed by atoms with Crippen LogP contribution in [0.3, 0.4) is 0 Å². The zero-order valence-electron chi connectivity index (χ0n) is 9.68. The maximum absolute atomic E-state index is 4.61. The van der Waals surface area contributed by atoms with Crippen LogP contribution in [0, 0.1) is 13.8 Å². The van der Waals surface area contributed by atoms with Crippen molar-refractivity contribution in [2.45, 2.75) is 52.0 Å². The fourth-order valence-electron chi connectivity index (χ4n) is 2.11. The van der Waals surface area contributed by atoms with E-state index in [9.17, 15) is 0 Å². The highest BCUT2D eigenvalue weighted by Crippen LogP contribution is 2.20. The predicted octanol–water partition coefficient (Wildman–Crippen LogP) is 2.83. The van der Waals surface area contributed by atoms with E-state index >= 15 is 0 Å². The van der Waals surface area contributed by atoms with Crippen molar-refractivity contribution in [3.63, 3.8) is 0 Å². The van der Waals surface area contributed by atoms with Gasteiger partial charge >= 0.3 is 0 Å². The summed E-state index contributed by atoms with van der Waals surface area (Å²) in [4.78, 5) is 5.99. The average Bonchev–Trinajstić information content (AvgIpc) is 2.45. The topological polar surface area (TPSA) is 24.9 Å². The fraction of sp³-hybridized carbons (Fsp3) is 0.750. The molecule has 1 atom stereocenters. The van der Waals surface area contributed by atoms with Crippen molar-refractivity contribution >= 4 is 11.3 Å². The van der Waals surface area contributed by atoms with E-state index in [1.54, 1.807) is 0 Å². The van der Waals surface area contributed by atoms with Crippen molar-refractivity contribution in [2.24, 2.45) is 0 Å². The van der Waals surface area contributed by atoms with Crippen molar-refractivity contribution in [2.75, 3.05) is 6.54 Å².